The Labute approximate surface area is 131 Å². The first-order valence-electron chi connectivity index (χ1n) is 7.76. The van der Waals surface area contributed by atoms with E-state index in [4.69, 9.17) is 5.73 Å². The molecule has 0 aliphatic carbocycles. The van der Waals surface area contributed by atoms with Crippen molar-refractivity contribution in [2.24, 2.45) is 5.73 Å². The number of rotatable bonds is 7. The Morgan fingerprint density at radius 3 is 2.18 bits per heavy atom. The summed E-state index contributed by atoms with van der Waals surface area (Å²) in [5.74, 6) is -0.326. The van der Waals surface area contributed by atoms with Crippen LogP contribution in [0.3, 0.4) is 0 Å². The molecule has 0 spiro atoms. The number of hydrogen-bond donors (Lipinski definition) is 2. The molecular formula is C14H27N5O3. The van der Waals surface area contributed by atoms with Crippen molar-refractivity contribution in [2.45, 2.75) is 13.8 Å². The van der Waals surface area contributed by atoms with Gasteiger partial charge in [0.25, 0.3) is 0 Å². The molecule has 0 atom stereocenters. The van der Waals surface area contributed by atoms with E-state index >= 15 is 0 Å². The van der Waals surface area contributed by atoms with Crippen molar-refractivity contribution < 1.29 is 14.4 Å². The van der Waals surface area contributed by atoms with E-state index < -0.39 is 0 Å². The molecule has 3 amide bonds. The van der Waals surface area contributed by atoms with Gasteiger partial charge >= 0.3 is 0 Å². The average molecular weight is 313 g/mol. The molecule has 1 heterocycles. The lowest BCUT2D eigenvalue weighted by Gasteiger charge is -2.35. The molecule has 1 aliphatic heterocycles. The van der Waals surface area contributed by atoms with Gasteiger partial charge in [-0.05, 0) is 13.8 Å². The fraction of sp³-hybridized carbons (Fsp3) is 0.786. The van der Waals surface area contributed by atoms with E-state index in [2.05, 4.69) is 10.2 Å². The molecule has 0 radical (unpaired) electrons. The summed E-state index contributed by atoms with van der Waals surface area (Å²) in [6.07, 6.45) is 0. The molecule has 1 saturated heterocycles. The van der Waals surface area contributed by atoms with Gasteiger partial charge < -0.3 is 20.9 Å². The highest BCUT2D eigenvalue weighted by Crippen LogP contribution is 2.03. The van der Waals surface area contributed by atoms with Gasteiger partial charge in [0.1, 0.15) is 0 Å². The largest absolute Gasteiger partial charge is 0.346 e. The summed E-state index contributed by atoms with van der Waals surface area (Å²) in [7, 11) is 0. The molecule has 1 aliphatic rings. The van der Waals surface area contributed by atoms with Crippen molar-refractivity contribution in [3.63, 3.8) is 0 Å². The molecular weight excluding hydrogens is 286 g/mol. The second-order valence-electron chi connectivity index (χ2n) is 5.20. The number of nitrogens with one attached hydrogen (secondary N) is 1. The van der Waals surface area contributed by atoms with Crippen molar-refractivity contribution in [1.82, 2.24) is 20.0 Å². The van der Waals surface area contributed by atoms with E-state index in [1.165, 1.54) is 0 Å². The summed E-state index contributed by atoms with van der Waals surface area (Å²) >= 11 is 0. The second kappa shape index (κ2) is 9.37. The summed E-state index contributed by atoms with van der Waals surface area (Å²) in [5.41, 5.74) is 5.17. The number of likely N-dealkylation sites (N-methyl/N-ethyl adjacent to an activating group) is 1. The van der Waals surface area contributed by atoms with Crippen LogP contribution in [-0.2, 0) is 14.4 Å². The number of carbonyl (C=O) groups is 3. The Hall–Kier alpha value is -1.67. The number of nitrogens with two attached hydrogens (primary N) is 1. The summed E-state index contributed by atoms with van der Waals surface area (Å²) in [6.45, 7) is 8.11. The molecule has 8 heteroatoms. The third-order valence-corrected chi connectivity index (χ3v) is 3.82. The number of amides is 3. The van der Waals surface area contributed by atoms with Gasteiger partial charge in [-0.1, -0.05) is 0 Å². The van der Waals surface area contributed by atoms with Gasteiger partial charge in [0.05, 0.1) is 19.6 Å². The van der Waals surface area contributed by atoms with Crippen LogP contribution in [0, 0.1) is 0 Å². The summed E-state index contributed by atoms with van der Waals surface area (Å²) in [4.78, 5) is 40.6. The number of piperazine rings is 1. The first kappa shape index (κ1) is 18.4. The van der Waals surface area contributed by atoms with Crippen molar-refractivity contribution in [1.29, 1.82) is 0 Å². The summed E-state index contributed by atoms with van der Waals surface area (Å²) < 4.78 is 0. The van der Waals surface area contributed by atoms with E-state index in [0.717, 1.165) is 0 Å². The van der Waals surface area contributed by atoms with E-state index in [-0.39, 0.29) is 30.8 Å². The molecule has 0 bridgehead atoms. The van der Waals surface area contributed by atoms with Crippen molar-refractivity contribution in [3.05, 3.63) is 0 Å². The minimum atomic E-state index is -0.336. The predicted octanol–water partition coefficient (Wildman–Crippen LogP) is -1.93. The van der Waals surface area contributed by atoms with Gasteiger partial charge in [-0.3, -0.25) is 19.3 Å². The zero-order valence-corrected chi connectivity index (χ0v) is 13.5. The van der Waals surface area contributed by atoms with Crippen LogP contribution < -0.4 is 11.1 Å². The van der Waals surface area contributed by atoms with Crippen molar-refractivity contribution >= 4 is 17.7 Å². The topological polar surface area (TPSA) is 99.0 Å². The maximum atomic E-state index is 12.0. The van der Waals surface area contributed by atoms with Gasteiger partial charge in [-0.15, -0.1) is 0 Å². The van der Waals surface area contributed by atoms with E-state index in [9.17, 15) is 14.4 Å². The molecule has 1 fully saturated rings. The van der Waals surface area contributed by atoms with Gasteiger partial charge in [-0.2, -0.15) is 0 Å². The van der Waals surface area contributed by atoms with Crippen LogP contribution in [-0.4, -0.2) is 91.3 Å². The van der Waals surface area contributed by atoms with E-state index in [1.807, 2.05) is 13.8 Å². The fourth-order valence-corrected chi connectivity index (χ4v) is 2.38. The Morgan fingerprint density at radius 1 is 1.09 bits per heavy atom. The molecule has 3 N–H and O–H groups in total. The molecule has 1 rings (SSSR count). The smallest absolute Gasteiger partial charge is 0.242 e. The highest BCUT2D eigenvalue weighted by atomic mass is 16.2. The van der Waals surface area contributed by atoms with Gasteiger partial charge in [0.2, 0.25) is 17.7 Å². The third kappa shape index (κ3) is 5.61. The zero-order chi connectivity index (χ0) is 16.5. The van der Waals surface area contributed by atoms with E-state index in [1.54, 1.807) is 9.80 Å². The van der Waals surface area contributed by atoms with Crippen LogP contribution >= 0.6 is 0 Å². The van der Waals surface area contributed by atoms with Crippen LogP contribution in [0.25, 0.3) is 0 Å². The number of nitrogens with zero attached hydrogens (tertiary/aromatic N) is 3. The molecule has 22 heavy (non-hydrogen) atoms. The summed E-state index contributed by atoms with van der Waals surface area (Å²) in [5, 5.41) is 2.47. The second-order valence-corrected chi connectivity index (χ2v) is 5.20. The average Bonchev–Trinajstić information content (AvgIpc) is 2.54. The highest BCUT2D eigenvalue weighted by molar-refractivity contribution is 5.85. The lowest BCUT2D eigenvalue weighted by Crippen LogP contribution is -2.53. The standard InChI is InChI=1S/C14H27N5O3/c1-3-18(4-2)14(22)11-17-5-7-19(8-6-17)13(21)10-16-12(20)9-15/h3-11,15H2,1-2H3,(H,16,20). The maximum Gasteiger partial charge on any atom is 0.242 e. The molecule has 8 nitrogen and oxygen atoms in total. The molecule has 0 aromatic carbocycles. The normalized spacial score (nSPS) is 15.5. The lowest BCUT2D eigenvalue weighted by atomic mass is 10.3. The molecule has 0 unspecified atom stereocenters. The Balaban J connectivity index is 2.32. The van der Waals surface area contributed by atoms with E-state index in [0.29, 0.717) is 45.8 Å². The number of carbonyl (C=O) groups excluding carboxylic acids is 3. The van der Waals surface area contributed by atoms with Crippen LogP contribution in [0.15, 0.2) is 0 Å². The molecule has 0 saturated carbocycles. The van der Waals surface area contributed by atoms with Gasteiger partial charge in [0, 0.05) is 39.3 Å². The third-order valence-electron chi connectivity index (χ3n) is 3.82. The van der Waals surface area contributed by atoms with Crippen LogP contribution in [0.4, 0.5) is 0 Å². The van der Waals surface area contributed by atoms with Gasteiger partial charge in [0.15, 0.2) is 0 Å². The molecule has 126 valence electrons. The van der Waals surface area contributed by atoms with Crippen molar-refractivity contribution in [3.8, 4) is 0 Å². The Kier molecular flexibility index (Phi) is 7.83. The minimum Gasteiger partial charge on any atom is -0.346 e. The summed E-state index contributed by atoms with van der Waals surface area (Å²) in [6, 6.07) is 0. The first-order chi connectivity index (χ1) is 10.5. The zero-order valence-electron chi connectivity index (χ0n) is 13.5. The molecule has 0 aromatic heterocycles. The quantitative estimate of drug-likeness (QED) is 0.570. The van der Waals surface area contributed by atoms with Crippen molar-refractivity contribution in [2.75, 3.05) is 58.9 Å². The van der Waals surface area contributed by atoms with Gasteiger partial charge in [-0.25, -0.2) is 0 Å². The van der Waals surface area contributed by atoms with Crippen LogP contribution in [0.1, 0.15) is 13.8 Å². The SMILES string of the molecule is CCN(CC)C(=O)CN1CCN(C(=O)CNC(=O)CN)CC1. The van der Waals surface area contributed by atoms with Crippen LogP contribution in [0.2, 0.25) is 0 Å². The predicted molar refractivity (Wildman–Crippen MR) is 83.0 cm³/mol. The lowest BCUT2D eigenvalue weighted by molar-refractivity contribution is -0.135. The fourth-order valence-electron chi connectivity index (χ4n) is 2.38. The monoisotopic (exact) mass is 313 g/mol. The maximum absolute atomic E-state index is 12.0. The molecule has 0 aromatic rings. The minimum absolute atomic E-state index is 0.0194. The Bertz CT molecular complexity index is 390. The van der Waals surface area contributed by atoms with Crippen LogP contribution in [0.5, 0.6) is 0 Å². The highest BCUT2D eigenvalue weighted by Gasteiger charge is 2.23. The first-order valence-corrected chi connectivity index (χ1v) is 7.76. The Morgan fingerprint density at radius 2 is 1.68 bits per heavy atom. The number of hydrogen-bond acceptors (Lipinski definition) is 5.